The van der Waals surface area contributed by atoms with Crippen molar-refractivity contribution in [1.82, 2.24) is 0 Å². The van der Waals surface area contributed by atoms with Gasteiger partial charge in [0.15, 0.2) is 0 Å². The van der Waals surface area contributed by atoms with Gasteiger partial charge in [-0.15, -0.1) is 0 Å². The molecule has 0 N–H and O–H groups in total. The molecule has 0 saturated carbocycles. The van der Waals surface area contributed by atoms with Crippen molar-refractivity contribution >= 4 is 35.5 Å². The average Bonchev–Trinajstić information content (AvgIpc) is 2.17. The van der Waals surface area contributed by atoms with E-state index in [0.29, 0.717) is 11.1 Å². The summed E-state index contributed by atoms with van der Waals surface area (Å²) in [6, 6.07) is 5.38. The molecular weight excluding hydrogens is 209 g/mol. The molecule has 1 aliphatic rings. The number of carbonyl (C=O) groups excluding carboxylic acids is 1. The van der Waals surface area contributed by atoms with Crippen molar-refractivity contribution in [2.45, 2.75) is 12.6 Å². The first-order valence-corrected chi connectivity index (χ1v) is 4.08. The molecule has 1 aromatic rings. The number of benzene rings is 1. The Morgan fingerprint density at radius 2 is 2.07 bits per heavy atom. The Labute approximate surface area is 108 Å². The molecule has 0 spiro atoms. The maximum atomic E-state index is 11.1. The van der Waals surface area contributed by atoms with Gasteiger partial charge in [-0.3, -0.25) is 10.1 Å². The second-order valence-electron chi connectivity index (χ2n) is 2.99. The molecule has 0 fully saturated rings. The molecule has 2 rings (SSSR count). The van der Waals surface area contributed by atoms with Crippen molar-refractivity contribution < 1.29 is 14.5 Å². The van der Waals surface area contributed by atoms with Crippen LogP contribution in [0.2, 0.25) is 0 Å². The monoisotopic (exact) mass is 217 g/mol. The number of ether oxygens (including phenoxy) is 1. The number of hydrogen-bond acceptors (Lipinski definition) is 4. The van der Waals surface area contributed by atoms with E-state index in [2.05, 4.69) is 0 Å². The van der Waals surface area contributed by atoms with Crippen molar-refractivity contribution in [3.8, 4) is 0 Å². The third kappa shape index (κ3) is 2.19. The molecule has 1 atom stereocenters. The number of fused-ring (bicyclic) bond motifs is 1. The van der Waals surface area contributed by atoms with Crippen LogP contribution in [0.5, 0.6) is 0 Å². The van der Waals surface area contributed by atoms with E-state index in [4.69, 9.17) is 4.74 Å². The molecule has 5 nitrogen and oxygen atoms in total. The third-order valence-electron chi connectivity index (χ3n) is 2.15. The van der Waals surface area contributed by atoms with Gasteiger partial charge >= 0.3 is 41.6 Å². The number of carbonyl (C=O) groups is 1. The molecular formula is C9H8NNaO4. The van der Waals surface area contributed by atoms with Crippen LogP contribution >= 0.6 is 0 Å². The normalized spacial score (nSPS) is 18.4. The Morgan fingerprint density at radius 3 is 2.73 bits per heavy atom. The summed E-state index contributed by atoms with van der Waals surface area (Å²) in [7, 11) is 0. The van der Waals surface area contributed by atoms with Gasteiger partial charge in [-0.1, -0.05) is 24.3 Å². The van der Waals surface area contributed by atoms with Crippen LogP contribution in [0.15, 0.2) is 24.3 Å². The Bertz CT molecular complexity index is 407. The summed E-state index contributed by atoms with van der Waals surface area (Å²) < 4.78 is 4.70. The minimum atomic E-state index is -1.36. The average molecular weight is 217 g/mol. The Morgan fingerprint density at radius 1 is 1.40 bits per heavy atom. The predicted molar refractivity (Wildman–Crippen MR) is 53.1 cm³/mol. The molecule has 6 heteroatoms. The van der Waals surface area contributed by atoms with E-state index in [1.165, 1.54) is 0 Å². The van der Waals surface area contributed by atoms with Crippen LogP contribution in [-0.2, 0) is 16.1 Å². The van der Waals surface area contributed by atoms with Crippen LogP contribution in [-0.4, -0.2) is 40.4 Å². The topological polar surface area (TPSA) is 69.4 Å². The van der Waals surface area contributed by atoms with Crippen LogP contribution < -0.4 is 0 Å². The fraction of sp³-hybridized carbons (Fsp3) is 0.222. The Kier molecular flexibility index (Phi) is 3.84. The van der Waals surface area contributed by atoms with Crippen molar-refractivity contribution in [2.75, 3.05) is 0 Å². The van der Waals surface area contributed by atoms with E-state index in [1.54, 1.807) is 24.3 Å². The third-order valence-corrected chi connectivity index (χ3v) is 2.15. The number of cyclic esters (lactones) is 1. The Hall–Kier alpha value is -0.910. The second kappa shape index (κ2) is 4.74. The summed E-state index contributed by atoms with van der Waals surface area (Å²) in [5.41, 5.74) is 1.14. The van der Waals surface area contributed by atoms with Gasteiger partial charge in [0, 0.05) is 16.1 Å². The van der Waals surface area contributed by atoms with Gasteiger partial charge in [-0.05, 0) is 0 Å². The number of rotatable bonds is 1. The van der Waals surface area contributed by atoms with Crippen molar-refractivity contribution in [3.63, 3.8) is 0 Å². The van der Waals surface area contributed by atoms with Crippen LogP contribution in [0.1, 0.15) is 17.2 Å². The molecule has 1 aromatic carbocycles. The van der Waals surface area contributed by atoms with Gasteiger partial charge in [-0.2, -0.15) is 0 Å². The van der Waals surface area contributed by atoms with E-state index < -0.39 is 16.9 Å². The van der Waals surface area contributed by atoms with Gasteiger partial charge in [0.1, 0.15) is 6.61 Å². The minimum absolute atomic E-state index is 0. The summed E-state index contributed by atoms with van der Waals surface area (Å²) in [4.78, 5) is 21.1. The van der Waals surface area contributed by atoms with E-state index in [0.717, 1.165) is 0 Å². The second-order valence-corrected chi connectivity index (χ2v) is 2.99. The zero-order valence-corrected chi connectivity index (χ0v) is 7.17. The fourth-order valence-corrected chi connectivity index (χ4v) is 1.49. The molecule has 0 amide bonds. The quantitative estimate of drug-likeness (QED) is 0.296. The van der Waals surface area contributed by atoms with E-state index in [9.17, 15) is 14.9 Å². The molecule has 74 valence electrons. The van der Waals surface area contributed by atoms with E-state index >= 15 is 0 Å². The first-order chi connectivity index (χ1) is 6.70. The first-order valence-electron chi connectivity index (χ1n) is 4.08. The molecule has 0 aliphatic carbocycles. The number of nitro groups is 1. The molecule has 1 heterocycles. The SMILES string of the molecule is O=C1OCc2ccccc2C1[N+](=O)[O-].[NaH]. The van der Waals surface area contributed by atoms with Crippen molar-refractivity contribution in [3.05, 3.63) is 45.5 Å². The van der Waals surface area contributed by atoms with Crippen LogP contribution in [0, 0.1) is 10.1 Å². The number of esters is 1. The fourth-order valence-electron chi connectivity index (χ4n) is 1.49. The summed E-state index contributed by atoms with van der Waals surface area (Å²) in [5.74, 6) is -0.784. The summed E-state index contributed by atoms with van der Waals surface area (Å²) >= 11 is 0. The number of nitrogens with zero attached hydrogens (tertiary/aromatic N) is 1. The standard InChI is InChI=1S/C9H7NO4.Na.H/c11-9-8(10(12)13)7-4-2-1-3-6(7)5-14-9;;/h1-4,8H,5H2;;. The van der Waals surface area contributed by atoms with Crippen LogP contribution in [0.25, 0.3) is 0 Å². The van der Waals surface area contributed by atoms with Gasteiger partial charge in [-0.25, -0.2) is 4.79 Å². The maximum absolute atomic E-state index is 11.1. The predicted octanol–water partition coefficient (Wildman–Crippen LogP) is 0.413. The van der Waals surface area contributed by atoms with Gasteiger partial charge < -0.3 is 4.74 Å². The van der Waals surface area contributed by atoms with Crippen LogP contribution in [0.4, 0.5) is 0 Å². The van der Waals surface area contributed by atoms with Crippen molar-refractivity contribution in [2.24, 2.45) is 0 Å². The summed E-state index contributed by atoms with van der Waals surface area (Å²) in [5, 5.41) is 10.6. The first kappa shape index (κ1) is 12.2. The molecule has 0 radical (unpaired) electrons. The van der Waals surface area contributed by atoms with Gasteiger partial charge in [0.05, 0.1) is 0 Å². The van der Waals surface area contributed by atoms with Gasteiger partial charge in [0.25, 0.3) is 0 Å². The molecule has 1 aliphatic heterocycles. The Balaban J connectivity index is 0.00000112. The van der Waals surface area contributed by atoms with E-state index in [1.807, 2.05) is 0 Å². The van der Waals surface area contributed by atoms with Gasteiger partial charge in [0.2, 0.25) is 0 Å². The molecule has 0 saturated heterocycles. The summed E-state index contributed by atoms with van der Waals surface area (Å²) in [6.45, 7) is 0.124. The van der Waals surface area contributed by atoms with Crippen molar-refractivity contribution in [1.29, 1.82) is 0 Å². The molecule has 15 heavy (non-hydrogen) atoms. The molecule has 0 aromatic heterocycles. The van der Waals surface area contributed by atoms with E-state index in [-0.39, 0.29) is 36.2 Å². The van der Waals surface area contributed by atoms with Crippen LogP contribution in [0.3, 0.4) is 0 Å². The number of hydrogen-bond donors (Lipinski definition) is 0. The molecule has 1 unspecified atom stereocenters. The molecule has 0 bridgehead atoms. The zero-order valence-electron chi connectivity index (χ0n) is 7.17. The summed E-state index contributed by atoms with van der Waals surface area (Å²) in [6.07, 6.45) is 0. The zero-order chi connectivity index (χ0) is 10.1.